The molecule has 0 unspecified atom stereocenters. The number of hydrogen-bond acceptors (Lipinski definition) is 6. The lowest BCUT2D eigenvalue weighted by molar-refractivity contribution is 0.0518. The van der Waals surface area contributed by atoms with Crippen LogP contribution in [0.1, 0.15) is 34.6 Å². The van der Waals surface area contributed by atoms with Crippen LogP contribution in [0.2, 0.25) is 0 Å². The van der Waals surface area contributed by atoms with Crippen LogP contribution in [0.15, 0.2) is 48.5 Å². The van der Waals surface area contributed by atoms with Crippen LogP contribution in [0.5, 0.6) is 5.75 Å². The highest BCUT2D eigenvalue weighted by Gasteiger charge is 2.43. The molecule has 1 aliphatic rings. The third-order valence-corrected chi connectivity index (χ3v) is 6.18. The van der Waals surface area contributed by atoms with E-state index in [1.54, 1.807) is 44.2 Å². The van der Waals surface area contributed by atoms with Crippen molar-refractivity contribution in [3.8, 4) is 5.75 Å². The Morgan fingerprint density at radius 1 is 1.07 bits per heavy atom. The minimum Gasteiger partial charge on any atom is -0.497 e. The van der Waals surface area contributed by atoms with Gasteiger partial charge in [0.25, 0.3) is 5.91 Å². The number of fused-ring (bicyclic) bond motifs is 1. The zero-order valence-electron chi connectivity index (χ0n) is 15.7. The van der Waals surface area contributed by atoms with E-state index in [-0.39, 0.29) is 16.8 Å². The number of amides is 1. The van der Waals surface area contributed by atoms with Gasteiger partial charge < -0.3 is 9.47 Å². The van der Waals surface area contributed by atoms with Crippen molar-refractivity contribution >= 4 is 27.8 Å². The van der Waals surface area contributed by atoms with Gasteiger partial charge in [-0.05, 0) is 50.2 Å². The van der Waals surface area contributed by atoms with Crippen molar-refractivity contribution in [2.24, 2.45) is 0 Å². The highest BCUT2D eigenvalue weighted by molar-refractivity contribution is 7.91. The van der Waals surface area contributed by atoms with Crippen molar-refractivity contribution in [1.82, 2.24) is 4.31 Å². The van der Waals surface area contributed by atoms with E-state index >= 15 is 0 Å². The van der Waals surface area contributed by atoms with E-state index in [4.69, 9.17) is 9.47 Å². The quantitative estimate of drug-likeness (QED) is 0.711. The van der Waals surface area contributed by atoms with Gasteiger partial charge in [-0.25, -0.2) is 13.4 Å². The fourth-order valence-electron chi connectivity index (χ4n) is 2.89. The van der Waals surface area contributed by atoms with Gasteiger partial charge in [-0.3, -0.25) is 4.79 Å². The largest absolute Gasteiger partial charge is 0.497 e. The Kier molecular flexibility index (Phi) is 5.28. The van der Waals surface area contributed by atoms with Crippen molar-refractivity contribution in [3.05, 3.63) is 59.7 Å². The summed E-state index contributed by atoms with van der Waals surface area (Å²) in [4.78, 5) is 25.0. The molecule has 1 aliphatic heterocycles. The second-order valence-electron chi connectivity index (χ2n) is 6.36. The van der Waals surface area contributed by atoms with Gasteiger partial charge in [0.2, 0.25) is 0 Å². The van der Waals surface area contributed by atoms with Crippen LogP contribution in [0.3, 0.4) is 0 Å². The van der Waals surface area contributed by atoms with E-state index in [9.17, 15) is 18.0 Å². The molecule has 2 aromatic carbocycles. The number of nitrogens with zero attached hydrogens (tertiary/aromatic N) is 2. The van der Waals surface area contributed by atoms with Crippen LogP contribution < -0.4 is 9.04 Å². The predicted molar refractivity (Wildman–Crippen MR) is 102 cm³/mol. The fraction of sp³-hybridized carbons (Fsp3) is 0.263. The zero-order chi connectivity index (χ0) is 20.5. The summed E-state index contributed by atoms with van der Waals surface area (Å²) < 4.78 is 37.9. The van der Waals surface area contributed by atoms with E-state index in [0.29, 0.717) is 5.75 Å². The SMILES string of the molecule is COc1ccc(C(=O)OCN2c3ccccc3C(=O)N(C(C)C)S2(=O)=O)cc1. The second kappa shape index (κ2) is 7.51. The number of carbonyl (C=O) groups is 2. The van der Waals surface area contributed by atoms with Gasteiger partial charge in [0, 0.05) is 6.04 Å². The smallest absolute Gasteiger partial charge is 0.339 e. The molecule has 0 bridgehead atoms. The number of anilines is 1. The Labute approximate surface area is 163 Å². The molecule has 0 spiro atoms. The molecule has 1 amide bonds. The molecule has 1 heterocycles. The molecule has 0 aliphatic carbocycles. The topological polar surface area (TPSA) is 93.2 Å². The minimum absolute atomic E-state index is 0.173. The van der Waals surface area contributed by atoms with Gasteiger partial charge >= 0.3 is 16.2 Å². The van der Waals surface area contributed by atoms with Crippen LogP contribution in [0.25, 0.3) is 0 Å². The maximum absolute atomic E-state index is 13.0. The maximum atomic E-state index is 13.0. The molecular formula is C19H20N2O6S. The molecule has 3 rings (SSSR count). The van der Waals surface area contributed by atoms with E-state index in [2.05, 4.69) is 0 Å². The van der Waals surface area contributed by atoms with Gasteiger partial charge in [-0.1, -0.05) is 12.1 Å². The number of benzene rings is 2. The summed E-state index contributed by atoms with van der Waals surface area (Å²) in [6.07, 6.45) is 0. The molecule has 0 atom stereocenters. The first-order chi connectivity index (χ1) is 13.3. The van der Waals surface area contributed by atoms with Crippen molar-refractivity contribution in [3.63, 3.8) is 0 Å². The summed E-state index contributed by atoms with van der Waals surface area (Å²) in [6.45, 7) is 2.65. The van der Waals surface area contributed by atoms with Crippen molar-refractivity contribution in [2.75, 3.05) is 18.1 Å². The number of ether oxygens (including phenoxy) is 2. The van der Waals surface area contributed by atoms with Gasteiger partial charge in [-0.2, -0.15) is 8.42 Å². The summed E-state index contributed by atoms with van der Waals surface area (Å²) >= 11 is 0. The standard InChI is InChI=1S/C19H20N2O6S/c1-13(2)21-18(22)16-6-4-5-7-17(16)20(28(21,24)25)12-27-19(23)14-8-10-15(26-3)11-9-14/h4-11,13H,12H2,1-3H3. The number of methoxy groups -OCH3 is 1. The van der Waals surface area contributed by atoms with Crippen molar-refractivity contribution in [2.45, 2.75) is 19.9 Å². The lowest BCUT2D eigenvalue weighted by Gasteiger charge is -2.38. The number of esters is 1. The first kappa shape index (κ1) is 19.7. The van der Waals surface area contributed by atoms with E-state index in [1.807, 2.05) is 0 Å². The Balaban J connectivity index is 1.89. The van der Waals surface area contributed by atoms with Crippen LogP contribution in [0.4, 0.5) is 5.69 Å². The van der Waals surface area contributed by atoms with Crippen molar-refractivity contribution in [1.29, 1.82) is 0 Å². The summed E-state index contributed by atoms with van der Waals surface area (Å²) in [6, 6.07) is 12.0. The molecular weight excluding hydrogens is 384 g/mol. The van der Waals surface area contributed by atoms with Gasteiger partial charge in [-0.15, -0.1) is 0 Å². The summed E-state index contributed by atoms with van der Waals surface area (Å²) in [7, 11) is -2.69. The fourth-order valence-corrected chi connectivity index (χ4v) is 4.54. The first-order valence-corrected chi connectivity index (χ1v) is 9.93. The zero-order valence-corrected chi connectivity index (χ0v) is 16.5. The Hall–Kier alpha value is -3.07. The molecule has 0 radical (unpaired) electrons. The molecule has 0 saturated carbocycles. The third-order valence-electron chi connectivity index (χ3n) is 4.24. The average Bonchev–Trinajstić information content (AvgIpc) is 2.67. The monoisotopic (exact) mass is 404 g/mol. The molecule has 0 saturated heterocycles. The molecule has 0 fully saturated rings. The van der Waals surface area contributed by atoms with Crippen LogP contribution >= 0.6 is 0 Å². The maximum Gasteiger partial charge on any atom is 0.339 e. The van der Waals surface area contributed by atoms with Crippen LogP contribution in [-0.2, 0) is 14.9 Å². The molecule has 148 valence electrons. The lowest BCUT2D eigenvalue weighted by Crippen LogP contribution is -2.54. The Morgan fingerprint density at radius 3 is 2.32 bits per heavy atom. The summed E-state index contributed by atoms with van der Waals surface area (Å²) in [5, 5.41) is 0. The Morgan fingerprint density at radius 2 is 1.71 bits per heavy atom. The van der Waals surface area contributed by atoms with Gasteiger partial charge in [0.05, 0.1) is 23.9 Å². The number of carbonyl (C=O) groups excluding carboxylic acids is 2. The first-order valence-electron chi connectivity index (χ1n) is 8.54. The molecule has 2 aromatic rings. The van der Waals surface area contributed by atoms with E-state index in [1.165, 1.54) is 25.3 Å². The predicted octanol–water partition coefficient (Wildman–Crippen LogP) is 2.43. The molecule has 0 aromatic heterocycles. The Bertz CT molecular complexity index is 1000. The van der Waals surface area contributed by atoms with Gasteiger partial charge in [0.1, 0.15) is 5.75 Å². The van der Waals surface area contributed by atoms with E-state index < -0.39 is 34.9 Å². The average molecular weight is 404 g/mol. The van der Waals surface area contributed by atoms with E-state index in [0.717, 1.165) is 8.61 Å². The normalized spacial score (nSPS) is 15.4. The minimum atomic E-state index is -4.19. The number of rotatable bonds is 5. The molecule has 9 heteroatoms. The van der Waals surface area contributed by atoms with Gasteiger partial charge in [0.15, 0.2) is 6.73 Å². The molecule has 28 heavy (non-hydrogen) atoms. The summed E-state index contributed by atoms with van der Waals surface area (Å²) in [5.41, 5.74) is 0.652. The lowest BCUT2D eigenvalue weighted by atomic mass is 10.1. The highest BCUT2D eigenvalue weighted by Crippen LogP contribution is 2.33. The van der Waals surface area contributed by atoms with Crippen LogP contribution in [0, 0.1) is 0 Å². The third kappa shape index (κ3) is 3.40. The van der Waals surface area contributed by atoms with Crippen molar-refractivity contribution < 1.29 is 27.5 Å². The number of para-hydroxylation sites is 1. The highest BCUT2D eigenvalue weighted by atomic mass is 32.2. The molecule has 8 nitrogen and oxygen atoms in total. The van der Waals surface area contributed by atoms with Crippen LogP contribution in [-0.4, -0.2) is 44.5 Å². The number of hydrogen-bond donors (Lipinski definition) is 0. The molecule has 0 N–H and O–H groups in total. The summed E-state index contributed by atoms with van der Waals surface area (Å²) in [5.74, 6) is -0.721. The second-order valence-corrected chi connectivity index (χ2v) is 8.09.